The third-order valence-corrected chi connectivity index (χ3v) is 4.33. The van der Waals surface area contributed by atoms with Crippen LogP contribution in [-0.4, -0.2) is 24.2 Å². The first-order valence-electron chi connectivity index (χ1n) is 7.02. The first-order chi connectivity index (χ1) is 8.75. The number of hydrogen-bond acceptors (Lipinski definition) is 4. The molecule has 1 atom stereocenters. The molecule has 1 N–H and O–H groups in total. The molecule has 1 unspecified atom stereocenters. The number of aryl methyl sites for hydroxylation is 1. The number of nitrogens with zero attached hydrogens (tertiary/aromatic N) is 1. The van der Waals surface area contributed by atoms with Gasteiger partial charge in [0, 0.05) is 18.0 Å². The summed E-state index contributed by atoms with van der Waals surface area (Å²) in [7, 11) is 0. The zero-order valence-electron chi connectivity index (χ0n) is 11.4. The minimum atomic E-state index is 0.324. The topological polar surface area (TPSA) is 34.2 Å². The third kappa shape index (κ3) is 4.34. The second-order valence-electron chi connectivity index (χ2n) is 5.10. The summed E-state index contributed by atoms with van der Waals surface area (Å²) in [5.41, 5.74) is 1.15. The highest BCUT2D eigenvalue weighted by Crippen LogP contribution is 2.20. The number of nitrogens with one attached hydrogen (secondary N) is 1. The van der Waals surface area contributed by atoms with Crippen molar-refractivity contribution in [3.05, 3.63) is 16.1 Å². The van der Waals surface area contributed by atoms with Gasteiger partial charge in [-0.05, 0) is 26.7 Å². The van der Waals surface area contributed by atoms with Crippen LogP contribution in [0.2, 0.25) is 0 Å². The maximum Gasteiger partial charge on any atom is 0.0898 e. The van der Waals surface area contributed by atoms with Crippen molar-refractivity contribution in [2.75, 3.05) is 13.2 Å². The molecule has 1 aromatic heterocycles. The normalized spacial score (nSPS) is 19.0. The Hall–Kier alpha value is -0.450. The Bertz CT molecular complexity index is 347. The van der Waals surface area contributed by atoms with Gasteiger partial charge in [0.1, 0.15) is 0 Å². The number of rotatable bonds is 6. The molecule has 0 amide bonds. The highest BCUT2D eigenvalue weighted by molar-refractivity contribution is 7.09. The summed E-state index contributed by atoms with van der Waals surface area (Å²) in [6, 6.07) is 0.324. The van der Waals surface area contributed by atoms with Gasteiger partial charge >= 0.3 is 0 Å². The average molecular weight is 268 g/mol. The van der Waals surface area contributed by atoms with E-state index in [1.807, 2.05) is 6.92 Å². The molecule has 102 valence electrons. The van der Waals surface area contributed by atoms with E-state index in [0.29, 0.717) is 12.1 Å². The molecule has 1 fully saturated rings. The van der Waals surface area contributed by atoms with Gasteiger partial charge in [-0.2, -0.15) is 0 Å². The molecule has 0 bridgehead atoms. The van der Waals surface area contributed by atoms with Gasteiger partial charge < -0.3 is 10.1 Å². The second kappa shape index (κ2) is 7.22. The lowest BCUT2D eigenvalue weighted by Gasteiger charge is -2.22. The zero-order chi connectivity index (χ0) is 12.8. The second-order valence-corrected chi connectivity index (χ2v) is 6.16. The standard InChI is InChI=1S/C14H24N2OS/c1-11(14-10-18-12(2)16-14)15-8-9-17-13-6-4-3-5-7-13/h10-11,13,15H,3-9H2,1-2H3. The molecule has 1 aliphatic carbocycles. The molecule has 1 saturated carbocycles. The number of aromatic nitrogens is 1. The van der Waals surface area contributed by atoms with Crippen molar-refractivity contribution in [3.63, 3.8) is 0 Å². The Morgan fingerprint density at radius 3 is 2.89 bits per heavy atom. The van der Waals surface area contributed by atoms with Crippen LogP contribution in [0.5, 0.6) is 0 Å². The molecule has 1 heterocycles. The Morgan fingerprint density at radius 2 is 2.22 bits per heavy atom. The van der Waals surface area contributed by atoms with Crippen molar-refractivity contribution < 1.29 is 4.74 Å². The van der Waals surface area contributed by atoms with E-state index in [9.17, 15) is 0 Å². The lowest BCUT2D eigenvalue weighted by atomic mass is 9.98. The van der Waals surface area contributed by atoms with Crippen LogP contribution in [0.15, 0.2) is 5.38 Å². The Labute approximate surface area is 114 Å². The first-order valence-corrected chi connectivity index (χ1v) is 7.90. The van der Waals surface area contributed by atoms with Crippen LogP contribution in [0.4, 0.5) is 0 Å². The predicted molar refractivity (Wildman–Crippen MR) is 76.1 cm³/mol. The van der Waals surface area contributed by atoms with E-state index in [2.05, 4.69) is 22.6 Å². The lowest BCUT2D eigenvalue weighted by Crippen LogP contribution is -2.26. The maximum atomic E-state index is 5.89. The summed E-state index contributed by atoms with van der Waals surface area (Å²) in [5.74, 6) is 0. The van der Waals surface area contributed by atoms with Crippen molar-refractivity contribution in [3.8, 4) is 0 Å². The molecule has 1 aliphatic rings. The summed E-state index contributed by atoms with van der Waals surface area (Å²) in [5, 5.41) is 6.74. The van der Waals surface area contributed by atoms with E-state index in [-0.39, 0.29) is 0 Å². The fourth-order valence-electron chi connectivity index (χ4n) is 2.42. The molecule has 2 rings (SSSR count). The Balaban J connectivity index is 1.60. The maximum absolute atomic E-state index is 5.89. The number of hydrogen-bond donors (Lipinski definition) is 1. The van der Waals surface area contributed by atoms with Crippen molar-refractivity contribution >= 4 is 11.3 Å². The number of ether oxygens (including phenoxy) is 1. The van der Waals surface area contributed by atoms with Crippen LogP contribution in [-0.2, 0) is 4.74 Å². The summed E-state index contributed by atoms with van der Waals surface area (Å²) < 4.78 is 5.89. The minimum Gasteiger partial charge on any atom is -0.377 e. The molecule has 1 aromatic rings. The van der Waals surface area contributed by atoms with Crippen LogP contribution in [0.3, 0.4) is 0 Å². The monoisotopic (exact) mass is 268 g/mol. The van der Waals surface area contributed by atoms with Gasteiger partial charge in [0.25, 0.3) is 0 Å². The average Bonchev–Trinajstić information content (AvgIpc) is 2.82. The van der Waals surface area contributed by atoms with Gasteiger partial charge in [-0.3, -0.25) is 0 Å². The number of thiazole rings is 1. The van der Waals surface area contributed by atoms with E-state index in [4.69, 9.17) is 4.74 Å². The van der Waals surface area contributed by atoms with Crippen molar-refractivity contribution in [2.45, 2.75) is 58.1 Å². The summed E-state index contributed by atoms with van der Waals surface area (Å²) in [4.78, 5) is 4.49. The molecular weight excluding hydrogens is 244 g/mol. The van der Waals surface area contributed by atoms with E-state index >= 15 is 0 Å². The van der Waals surface area contributed by atoms with Gasteiger partial charge in [0.2, 0.25) is 0 Å². The van der Waals surface area contributed by atoms with E-state index in [1.165, 1.54) is 32.1 Å². The van der Waals surface area contributed by atoms with Crippen molar-refractivity contribution in [1.29, 1.82) is 0 Å². The molecule has 0 radical (unpaired) electrons. The molecular formula is C14H24N2OS. The van der Waals surface area contributed by atoms with Gasteiger partial charge in [0.05, 0.1) is 23.4 Å². The highest BCUT2D eigenvalue weighted by Gasteiger charge is 2.13. The van der Waals surface area contributed by atoms with E-state index in [1.54, 1.807) is 11.3 Å². The van der Waals surface area contributed by atoms with Crippen LogP contribution in [0.25, 0.3) is 0 Å². The summed E-state index contributed by atoms with van der Waals surface area (Å²) in [6.45, 7) is 5.94. The van der Waals surface area contributed by atoms with Gasteiger partial charge in [0.15, 0.2) is 0 Å². The summed E-state index contributed by atoms with van der Waals surface area (Å²) in [6.07, 6.45) is 7.08. The molecule has 0 saturated heterocycles. The van der Waals surface area contributed by atoms with Gasteiger partial charge in [-0.1, -0.05) is 19.3 Å². The van der Waals surface area contributed by atoms with E-state index in [0.717, 1.165) is 23.9 Å². The highest BCUT2D eigenvalue weighted by atomic mass is 32.1. The van der Waals surface area contributed by atoms with Crippen LogP contribution in [0.1, 0.15) is 55.8 Å². The SMILES string of the molecule is Cc1nc(C(C)NCCOC2CCCCC2)cs1. The molecule has 0 aliphatic heterocycles. The van der Waals surface area contributed by atoms with Crippen molar-refractivity contribution in [1.82, 2.24) is 10.3 Å². The Kier molecular flexibility index (Phi) is 5.60. The van der Waals surface area contributed by atoms with Crippen LogP contribution >= 0.6 is 11.3 Å². The largest absolute Gasteiger partial charge is 0.377 e. The van der Waals surface area contributed by atoms with E-state index < -0.39 is 0 Å². The zero-order valence-corrected chi connectivity index (χ0v) is 12.3. The molecule has 3 nitrogen and oxygen atoms in total. The summed E-state index contributed by atoms with van der Waals surface area (Å²) >= 11 is 1.71. The van der Waals surface area contributed by atoms with Gasteiger partial charge in [-0.15, -0.1) is 11.3 Å². The molecule has 18 heavy (non-hydrogen) atoms. The Morgan fingerprint density at radius 1 is 1.44 bits per heavy atom. The lowest BCUT2D eigenvalue weighted by molar-refractivity contribution is 0.0295. The predicted octanol–water partition coefficient (Wildman–Crippen LogP) is 3.45. The minimum absolute atomic E-state index is 0.324. The molecule has 4 heteroatoms. The van der Waals surface area contributed by atoms with Crippen LogP contribution < -0.4 is 5.32 Å². The fraction of sp³-hybridized carbons (Fsp3) is 0.786. The quantitative estimate of drug-likeness (QED) is 0.802. The molecule has 0 aromatic carbocycles. The third-order valence-electron chi connectivity index (χ3n) is 3.54. The van der Waals surface area contributed by atoms with Gasteiger partial charge in [-0.25, -0.2) is 4.98 Å². The fourth-order valence-corrected chi connectivity index (χ4v) is 3.12. The van der Waals surface area contributed by atoms with Crippen LogP contribution in [0, 0.1) is 6.92 Å². The smallest absolute Gasteiger partial charge is 0.0898 e. The molecule has 0 spiro atoms. The van der Waals surface area contributed by atoms with Crippen molar-refractivity contribution in [2.24, 2.45) is 0 Å². The first kappa shape index (κ1) is 14.0.